The third-order valence-corrected chi connectivity index (χ3v) is 16.0. The molecule has 0 aromatic carbocycles. The van der Waals surface area contributed by atoms with Crippen LogP contribution in [0.4, 0.5) is 0 Å². The average Bonchev–Trinajstić information content (AvgIpc) is 3.42. The highest BCUT2D eigenvalue weighted by Crippen LogP contribution is 2.45. The molecule has 0 aliphatic rings. The molecule has 0 aromatic rings. The van der Waals surface area contributed by atoms with Crippen LogP contribution in [0.15, 0.2) is 0 Å². The van der Waals surface area contributed by atoms with Gasteiger partial charge in [-0.3, -0.25) is 37.3 Å². The average molecular weight is 1170 g/mol. The lowest BCUT2D eigenvalue weighted by Crippen LogP contribution is -2.30. The molecule has 79 heavy (non-hydrogen) atoms. The summed E-state index contributed by atoms with van der Waals surface area (Å²) < 4.78 is 67.6. The first-order valence-corrected chi connectivity index (χ1v) is 34.7. The van der Waals surface area contributed by atoms with Gasteiger partial charge >= 0.3 is 39.5 Å². The Morgan fingerprint density at radius 3 is 0.899 bits per heavy atom. The quantitative estimate of drug-likeness (QED) is 0.0222. The summed E-state index contributed by atoms with van der Waals surface area (Å²) in [4.78, 5) is 71.7. The fraction of sp³-hybridized carbons (Fsp3) is 0.933. The van der Waals surface area contributed by atoms with Crippen molar-refractivity contribution in [1.82, 2.24) is 0 Å². The molecule has 0 aromatic heterocycles. The summed E-state index contributed by atoms with van der Waals surface area (Å²) in [5.41, 5.74) is 0. The summed E-state index contributed by atoms with van der Waals surface area (Å²) >= 11 is 0. The number of unbranched alkanes of at least 4 members (excludes halogenated alkanes) is 31. The number of aliphatic hydroxyl groups excluding tert-OH is 1. The van der Waals surface area contributed by atoms with Gasteiger partial charge in [0.15, 0.2) is 12.2 Å². The number of ether oxygens (including phenoxy) is 4. The van der Waals surface area contributed by atoms with Gasteiger partial charge in [0.05, 0.1) is 26.4 Å². The number of aliphatic hydroxyl groups is 1. The number of phosphoric acid groups is 2. The van der Waals surface area contributed by atoms with E-state index in [1.54, 1.807) is 0 Å². The Labute approximate surface area is 479 Å². The Hall–Kier alpha value is -1.94. The monoisotopic (exact) mass is 1170 g/mol. The number of hydrogen-bond donors (Lipinski definition) is 3. The summed E-state index contributed by atoms with van der Waals surface area (Å²) in [6.45, 7) is 7.05. The van der Waals surface area contributed by atoms with Crippen molar-refractivity contribution in [2.45, 2.75) is 316 Å². The Kier molecular flexibility index (Phi) is 52.7. The lowest BCUT2D eigenvalue weighted by molar-refractivity contribution is -0.161. The van der Waals surface area contributed by atoms with Gasteiger partial charge in [0.1, 0.15) is 19.3 Å². The topological polar surface area (TPSA) is 237 Å². The van der Waals surface area contributed by atoms with Gasteiger partial charge in [0, 0.05) is 25.7 Å². The van der Waals surface area contributed by atoms with Crippen molar-refractivity contribution in [3.63, 3.8) is 0 Å². The predicted octanol–water partition coefficient (Wildman–Crippen LogP) is 16.2. The minimum atomic E-state index is -4.94. The Morgan fingerprint density at radius 2 is 0.608 bits per heavy atom. The number of carbonyl (C=O) groups excluding carboxylic acids is 4. The SMILES string of the molecule is CCCCCCCCCCCCCCCCC(=O)O[C@H](COC(=O)CCCCCCCCCCC(C)CC)COP(=O)(O)OC[C@@H](O)COP(=O)(O)OC[C@@H](COC(=O)CCCCCCC)OC(=O)CCCCCCCCCC. The lowest BCUT2D eigenvalue weighted by atomic mass is 9.99. The van der Waals surface area contributed by atoms with Crippen molar-refractivity contribution in [2.24, 2.45) is 5.92 Å². The van der Waals surface area contributed by atoms with E-state index in [-0.39, 0.29) is 25.7 Å². The van der Waals surface area contributed by atoms with Gasteiger partial charge < -0.3 is 33.8 Å². The summed E-state index contributed by atoms with van der Waals surface area (Å²) in [5, 5.41) is 10.5. The number of rotatable bonds is 60. The van der Waals surface area contributed by atoms with E-state index < -0.39 is 97.5 Å². The maximum atomic E-state index is 12.9. The molecule has 0 amide bonds. The molecule has 17 nitrogen and oxygen atoms in total. The molecule has 19 heteroatoms. The molecule has 0 rings (SSSR count). The Morgan fingerprint density at radius 1 is 0.354 bits per heavy atom. The molecule has 0 fully saturated rings. The first-order valence-electron chi connectivity index (χ1n) is 31.7. The fourth-order valence-electron chi connectivity index (χ4n) is 8.84. The fourth-order valence-corrected chi connectivity index (χ4v) is 10.4. The van der Waals surface area contributed by atoms with E-state index in [2.05, 4.69) is 34.6 Å². The molecule has 0 bridgehead atoms. The molecule has 0 spiro atoms. The molecule has 0 radical (unpaired) electrons. The van der Waals surface area contributed by atoms with Gasteiger partial charge in [0.25, 0.3) is 0 Å². The minimum Gasteiger partial charge on any atom is -0.462 e. The molecular formula is C60H116O17P2. The van der Waals surface area contributed by atoms with E-state index in [1.807, 2.05) is 0 Å². The zero-order chi connectivity index (χ0) is 58.5. The van der Waals surface area contributed by atoms with Crippen LogP contribution in [0.2, 0.25) is 0 Å². The van der Waals surface area contributed by atoms with Gasteiger partial charge in [-0.15, -0.1) is 0 Å². The van der Waals surface area contributed by atoms with Crippen molar-refractivity contribution < 1.29 is 80.2 Å². The van der Waals surface area contributed by atoms with E-state index in [1.165, 1.54) is 109 Å². The minimum absolute atomic E-state index is 0.104. The maximum Gasteiger partial charge on any atom is 0.472 e. The Bertz CT molecular complexity index is 1550. The van der Waals surface area contributed by atoms with Gasteiger partial charge in [-0.25, -0.2) is 9.13 Å². The Balaban J connectivity index is 5.18. The van der Waals surface area contributed by atoms with Gasteiger partial charge in [-0.1, -0.05) is 247 Å². The van der Waals surface area contributed by atoms with Crippen LogP contribution in [0, 0.1) is 5.92 Å². The van der Waals surface area contributed by atoms with Crippen LogP contribution in [-0.2, 0) is 65.4 Å². The smallest absolute Gasteiger partial charge is 0.462 e. The second kappa shape index (κ2) is 54.0. The zero-order valence-electron chi connectivity index (χ0n) is 50.5. The van der Waals surface area contributed by atoms with Gasteiger partial charge in [0.2, 0.25) is 0 Å². The second-order valence-electron chi connectivity index (χ2n) is 22.0. The summed E-state index contributed by atoms with van der Waals surface area (Å²) in [6.07, 6.45) is 36.5. The largest absolute Gasteiger partial charge is 0.472 e. The number of esters is 4. The third kappa shape index (κ3) is 53.8. The maximum absolute atomic E-state index is 12.9. The highest BCUT2D eigenvalue weighted by molar-refractivity contribution is 7.47. The second-order valence-corrected chi connectivity index (χ2v) is 24.9. The highest BCUT2D eigenvalue weighted by atomic mass is 31.2. The van der Waals surface area contributed by atoms with E-state index >= 15 is 0 Å². The van der Waals surface area contributed by atoms with E-state index in [9.17, 15) is 43.2 Å². The standard InChI is InChI=1S/C60H116O17P2/c1-6-10-13-16-18-20-21-22-23-24-25-31-36-41-46-60(65)77-56(50-71-58(63)44-39-34-30-27-26-28-33-37-42-53(5)9-4)52-75-79(68,69)73-48-54(61)47-72-78(66,67)74-51-55(49-70-57(62)43-38-32-15-12-8-3)76-59(64)45-40-35-29-19-17-14-11-7-2/h53-56,61H,6-52H2,1-5H3,(H,66,67)(H,68,69)/t53?,54-,55+,56+/m0/s1. The van der Waals surface area contributed by atoms with Crippen LogP contribution < -0.4 is 0 Å². The molecule has 0 heterocycles. The molecular weight excluding hydrogens is 1050 g/mol. The van der Waals surface area contributed by atoms with Crippen molar-refractivity contribution in [3.05, 3.63) is 0 Å². The summed E-state index contributed by atoms with van der Waals surface area (Å²) in [6, 6.07) is 0. The zero-order valence-corrected chi connectivity index (χ0v) is 52.3. The molecule has 0 aliphatic carbocycles. The van der Waals surface area contributed by atoms with E-state index in [4.69, 9.17) is 37.0 Å². The molecule has 0 saturated heterocycles. The first-order chi connectivity index (χ1) is 38.1. The number of phosphoric ester groups is 2. The molecule has 3 unspecified atom stereocenters. The molecule has 0 saturated carbocycles. The van der Waals surface area contributed by atoms with Crippen LogP contribution in [0.1, 0.15) is 298 Å². The van der Waals surface area contributed by atoms with E-state index in [0.29, 0.717) is 25.7 Å². The molecule has 468 valence electrons. The molecule has 6 atom stereocenters. The summed E-state index contributed by atoms with van der Waals surface area (Å²) in [7, 11) is -9.87. The van der Waals surface area contributed by atoms with Crippen molar-refractivity contribution in [1.29, 1.82) is 0 Å². The molecule has 0 aliphatic heterocycles. The van der Waals surface area contributed by atoms with E-state index in [0.717, 1.165) is 109 Å². The van der Waals surface area contributed by atoms with Crippen LogP contribution in [0.3, 0.4) is 0 Å². The first kappa shape index (κ1) is 77.1. The summed E-state index contributed by atoms with van der Waals surface area (Å²) in [5.74, 6) is -1.37. The number of carbonyl (C=O) groups is 4. The van der Waals surface area contributed by atoms with Crippen LogP contribution in [0.25, 0.3) is 0 Å². The highest BCUT2D eigenvalue weighted by Gasteiger charge is 2.30. The van der Waals surface area contributed by atoms with Crippen molar-refractivity contribution in [2.75, 3.05) is 39.6 Å². The molecule has 3 N–H and O–H groups in total. The normalized spacial score (nSPS) is 14.7. The van der Waals surface area contributed by atoms with Crippen molar-refractivity contribution >= 4 is 39.5 Å². The van der Waals surface area contributed by atoms with Crippen LogP contribution in [0.5, 0.6) is 0 Å². The van der Waals surface area contributed by atoms with Crippen LogP contribution in [-0.4, -0.2) is 96.7 Å². The van der Waals surface area contributed by atoms with Crippen molar-refractivity contribution in [3.8, 4) is 0 Å². The number of hydrogen-bond acceptors (Lipinski definition) is 15. The lowest BCUT2D eigenvalue weighted by Gasteiger charge is -2.21. The van der Waals surface area contributed by atoms with Gasteiger partial charge in [-0.2, -0.15) is 0 Å². The third-order valence-electron chi connectivity index (χ3n) is 14.1. The van der Waals surface area contributed by atoms with Gasteiger partial charge in [-0.05, 0) is 31.6 Å². The predicted molar refractivity (Wildman–Crippen MR) is 312 cm³/mol. The van der Waals surface area contributed by atoms with Crippen LogP contribution >= 0.6 is 15.6 Å².